The second-order valence-corrected chi connectivity index (χ2v) is 4.95. The Morgan fingerprint density at radius 3 is 2.72 bits per heavy atom. The molecule has 0 saturated carbocycles. The molecule has 1 amide bonds. The van der Waals surface area contributed by atoms with E-state index in [4.69, 9.17) is 0 Å². The highest BCUT2D eigenvalue weighted by atomic mass is 32.1. The molecule has 3 nitrogen and oxygen atoms in total. The number of hydrogen-bond donors (Lipinski definition) is 2. The fourth-order valence-electron chi connectivity index (χ4n) is 1.77. The molecule has 0 aliphatic heterocycles. The van der Waals surface area contributed by atoms with Gasteiger partial charge in [-0.3, -0.25) is 4.79 Å². The third-order valence-corrected chi connectivity index (χ3v) is 3.73. The molecule has 4 heteroatoms. The fourth-order valence-corrected chi connectivity index (χ4v) is 2.63. The van der Waals surface area contributed by atoms with Crippen molar-refractivity contribution in [1.82, 2.24) is 5.32 Å². The number of nitrogens with one attached hydrogen (secondary N) is 1. The number of phenols is 1. The number of thiophene rings is 1. The number of benzene rings is 1. The van der Waals surface area contributed by atoms with Crippen LogP contribution >= 0.6 is 11.3 Å². The highest BCUT2D eigenvalue weighted by Crippen LogP contribution is 2.23. The minimum absolute atomic E-state index is 0.00268. The van der Waals surface area contributed by atoms with Crippen LogP contribution in [-0.4, -0.2) is 11.0 Å². The largest absolute Gasteiger partial charge is 0.507 e. The quantitative estimate of drug-likeness (QED) is 0.886. The summed E-state index contributed by atoms with van der Waals surface area (Å²) >= 11 is 1.62. The predicted molar refractivity (Wildman–Crippen MR) is 72.9 cm³/mol. The predicted octanol–water partition coefficient (Wildman–Crippen LogP) is 3.33. The maximum Gasteiger partial charge on any atom is 0.255 e. The van der Waals surface area contributed by atoms with Crippen LogP contribution in [0.25, 0.3) is 0 Å². The van der Waals surface area contributed by atoms with Crippen LogP contribution in [0.2, 0.25) is 0 Å². The van der Waals surface area contributed by atoms with E-state index in [1.54, 1.807) is 29.5 Å². The number of amides is 1. The van der Waals surface area contributed by atoms with Crippen molar-refractivity contribution in [2.75, 3.05) is 0 Å². The molecule has 0 spiro atoms. The van der Waals surface area contributed by atoms with Gasteiger partial charge in [0.1, 0.15) is 5.75 Å². The molecule has 0 bridgehead atoms. The standard InChI is InChI=1S/C14H15NO2S/c1-2-11(13-8-5-9-18-13)15-14(17)10-6-3-4-7-12(10)16/h3-9,11,16H,2H2,1H3,(H,15,17). The van der Waals surface area contributed by atoms with Crippen LogP contribution in [-0.2, 0) is 0 Å². The Morgan fingerprint density at radius 1 is 1.33 bits per heavy atom. The molecular formula is C14H15NO2S. The summed E-state index contributed by atoms with van der Waals surface area (Å²) in [5.74, 6) is -0.232. The van der Waals surface area contributed by atoms with Crippen molar-refractivity contribution in [2.45, 2.75) is 19.4 Å². The molecule has 1 atom stereocenters. The number of rotatable bonds is 4. The summed E-state index contributed by atoms with van der Waals surface area (Å²) in [6.07, 6.45) is 0.819. The molecule has 0 radical (unpaired) electrons. The zero-order valence-corrected chi connectivity index (χ0v) is 10.9. The van der Waals surface area contributed by atoms with Crippen LogP contribution in [0.3, 0.4) is 0 Å². The Morgan fingerprint density at radius 2 is 2.11 bits per heavy atom. The van der Waals surface area contributed by atoms with E-state index >= 15 is 0 Å². The summed E-state index contributed by atoms with van der Waals surface area (Å²) in [6, 6.07) is 10.5. The van der Waals surface area contributed by atoms with E-state index in [1.807, 2.05) is 24.4 Å². The van der Waals surface area contributed by atoms with Crippen molar-refractivity contribution in [3.8, 4) is 5.75 Å². The summed E-state index contributed by atoms with van der Waals surface area (Å²) in [4.78, 5) is 13.2. The Bertz CT molecular complexity index is 522. The van der Waals surface area contributed by atoms with Crippen molar-refractivity contribution in [1.29, 1.82) is 0 Å². The van der Waals surface area contributed by atoms with Gasteiger partial charge in [0.15, 0.2) is 0 Å². The van der Waals surface area contributed by atoms with E-state index in [1.165, 1.54) is 6.07 Å². The Labute approximate surface area is 110 Å². The van der Waals surface area contributed by atoms with Gasteiger partial charge in [-0.05, 0) is 30.0 Å². The van der Waals surface area contributed by atoms with Gasteiger partial charge >= 0.3 is 0 Å². The summed E-state index contributed by atoms with van der Waals surface area (Å²) < 4.78 is 0. The first kappa shape index (κ1) is 12.6. The molecule has 0 aliphatic carbocycles. The molecule has 2 N–H and O–H groups in total. The maximum absolute atomic E-state index is 12.1. The zero-order valence-electron chi connectivity index (χ0n) is 10.1. The van der Waals surface area contributed by atoms with Crippen LogP contribution in [0.1, 0.15) is 34.6 Å². The van der Waals surface area contributed by atoms with Crippen LogP contribution in [0.5, 0.6) is 5.75 Å². The number of carbonyl (C=O) groups is 1. The topological polar surface area (TPSA) is 49.3 Å². The van der Waals surface area contributed by atoms with E-state index in [-0.39, 0.29) is 17.7 Å². The van der Waals surface area contributed by atoms with Crippen molar-refractivity contribution in [3.63, 3.8) is 0 Å². The van der Waals surface area contributed by atoms with Gasteiger partial charge in [-0.15, -0.1) is 11.3 Å². The molecule has 1 aromatic heterocycles. The van der Waals surface area contributed by atoms with Crippen LogP contribution < -0.4 is 5.32 Å². The van der Waals surface area contributed by atoms with E-state index in [0.717, 1.165) is 11.3 Å². The minimum atomic E-state index is -0.242. The van der Waals surface area contributed by atoms with Gasteiger partial charge in [-0.1, -0.05) is 25.1 Å². The third kappa shape index (κ3) is 2.71. The zero-order chi connectivity index (χ0) is 13.0. The molecule has 2 rings (SSSR count). The molecule has 0 fully saturated rings. The number of aromatic hydroxyl groups is 1. The smallest absolute Gasteiger partial charge is 0.255 e. The second-order valence-electron chi connectivity index (χ2n) is 3.97. The molecule has 94 valence electrons. The van der Waals surface area contributed by atoms with Gasteiger partial charge < -0.3 is 10.4 Å². The normalized spacial score (nSPS) is 12.1. The van der Waals surface area contributed by atoms with E-state index in [9.17, 15) is 9.90 Å². The first-order valence-corrected chi connectivity index (χ1v) is 6.72. The molecule has 2 aromatic rings. The third-order valence-electron chi connectivity index (χ3n) is 2.75. The van der Waals surface area contributed by atoms with Crippen LogP contribution in [0, 0.1) is 0 Å². The molecule has 0 saturated heterocycles. The van der Waals surface area contributed by atoms with Gasteiger partial charge in [0.2, 0.25) is 0 Å². The Kier molecular flexibility index (Phi) is 3.99. The van der Waals surface area contributed by atoms with Gasteiger partial charge in [-0.25, -0.2) is 0 Å². The molecule has 18 heavy (non-hydrogen) atoms. The molecule has 1 unspecified atom stereocenters. The molecular weight excluding hydrogens is 246 g/mol. The van der Waals surface area contributed by atoms with Crippen LogP contribution in [0.15, 0.2) is 41.8 Å². The summed E-state index contributed by atoms with van der Waals surface area (Å²) in [7, 11) is 0. The van der Waals surface area contributed by atoms with Gasteiger partial charge in [0, 0.05) is 4.88 Å². The Hall–Kier alpha value is -1.81. The first-order chi connectivity index (χ1) is 8.72. The van der Waals surface area contributed by atoms with Gasteiger partial charge in [0.25, 0.3) is 5.91 Å². The van der Waals surface area contributed by atoms with E-state index in [2.05, 4.69) is 5.32 Å². The summed E-state index contributed by atoms with van der Waals surface area (Å²) in [6.45, 7) is 2.02. The lowest BCUT2D eigenvalue weighted by atomic mass is 10.1. The fraction of sp³-hybridized carbons (Fsp3) is 0.214. The SMILES string of the molecule is CCC(NC(=O)c1ccccc1O)c1cccs1. The van der Waals surface area contributed by atoms with Gasteiger partial charge in [-0.2, -0.15) is 0 Å². The number of phenolic OH excluding ortho intramolecular Hbond substituents is 1. The lowest BCUT2D eigenvalue weighted by Gasteiger charge is -2.15. The molecule has 0 aliphatic rings. The molecule has 1 heterocycles. The number of para-hydroxylation sites is 1. The average molecular weight is 261 g/mol. The Balaban J connectivity index is 2.14. The first-order valence-electron chi connectivity index (χ1n) is 5.84. The molecule has 1 aromatic carbocycles. The highest BCUT2D eigenvalue weighted by molar-refractivity contribution is 7.10. The van der Waals surface area contributed by atoms with Crippen molar-refractivity contribution in [3.05, 3.63) is 52.2 Å². The monoisotopic (exact) mass is 261 g/mol. The van der Waals surface area contributed by atoms with E-state index < -0.39 is 0 Å². The van der Waals surface area contributed by atoms with E-state index in [0.29, 0.717) is 5.56 Å². The number of hydrogen-bond acceptors (Lipinski definition) is 3. The summed E-state index contributed by atoms with van der Waals surface area (Å²) in [5.41, 5.74) is 0.313. The van der Waals surface area contributed by atoms with Gasteiger partial charge in [0.05, 0.1) is 11.6 Å². The van der Waals surface area contributed by atoms with Crippen molar-refractivity contribution < 1.29 is 9.90 Å². The average Bonchev–Trinajstić information content (AvgIpc) is 2.90. The van der Waals surface area contributed by atoms with Crippen LogP contribution in [0.4, 0.5) is 0 Å². The second kappa shape index (κ2) is 5.69. The maximum atomic E-state index is 12.1. The highest BCUT2D eigenvalue weighted by Gasteiger charge is 2.16. The lowest BCUT2D eigenvalue weighted by Crippen LogP contribution is -2.27. The van der Waals surface area contributed by atoms with Crippen molar-refractivity contribution in [2.24, 2.45) is 0 Å². The summed E-state index contributed by atoms with van der Waals surface area (Å²) in [5, 5.41) is 14.6. The van der Waals surface area contributed by atoms with Crippen molar-refractivity contribution >= 4 is 17.2 Å². The lowest BCUT2D eigenvalue weighted by molar-refractivity contribution is 0.0933. The number of carbonyl (C=O) groups excluding carboxylic acids is 1. The minimum Gasteiger partial charge on any atom is -0.507 e.